The third-order valence-corrected chi connectivity index (χ3v) is 4.65. The Hall–Kier alpha value is -1.30. The highest BCUT2D eigenvalue weighted by molar-refractivity contribution is 6.33. The summed E-state index contributed by atoms with van der Waals surface area (Å²) in [6, 6.07) is 3.55. The standard InChI is InChI=1S/C15H21ClN4O/c1-9-8-19(2)4-3-5-20(9)13-7-12-10(6-11(13)16)14(17)15(21)18-12/h6-7,9,14H,3-5,8,17H2,1-2H3,(H,18,21). The maximum atomic E-state index is 11.7. The van der Waals surface area contributed by atoms with Crippen LogP contribution >= 0.6 is 11.6 Å². The fourth-order valence-corrected chi connectivity index (χ4v) is 3.53. The van der Waals surface area contributed by atoms with Gasteiger partial charge in [0.05, 0.1) is 10.7 Å². The van der Waals surface area contributed by atoms with Crippen LogP contribution in [0.2, 0.25) is 5.02 Å². The SMILES string of the molecule is CC1CN(C)CCCN1c1cc2c(cc1Cl)C(N)C(=O)N2. The summed E-state index contributed by atoms with van der Waals surface area (Å²) in [5.41, 5.74) is 8.42. The van der Waals surface area contributed by atoms with E-state index in [1.54, 1.807) is 0 Å². The minimum Gasteiger partial charge on any atom is -0.366 e. The molecule has 2 aliphatic heterocycles. The van der Waals surface area contributed by atoms with Crippen molar-refractivity contribution in [1.82, 2.24) is 4.90 Å². The summed E-state index contributed by atoms with van der Waals surface area (Å²) in [5, 5.41) is 3.50. The lowest BCUT2D eigenvalue weighted by Crippen LogP contribution is -2.38. The number of carbonyl (C=O) groups is 1. The number of carbonyl (C=O) groups excluding carboxylic acids is 1. The summed E-state index contributed by atoms with van der Waals surface area (Å²) in [7, 11) is 2.14. The van der Waals surface area contributed by atoms with Crippen molar-refractivity contribution in [3.05, 3.63) is 22.7 Å². The maximum Gasteiger partial charge on any atom is 0.245 e. The molecule has 0 bridgehead atoms. The molecule has 1 aromatic rings. The van der Waals surface area contributed by atoms with Gasteiger partial charge in [-0.05, 0) is 39.1 Å². The van der Waals surface area contributed by atoms with Gasteiger partial charge in [0, 0.05) is 30.4 Å². The maximum absolute atomic E-state index is 11.7. The van der Waals surface area contributed by atoms with Crippen LogP contribution in [0.1, 0.15) is 24.9 Å². The van der Waals surface area contributed by atoms with Crippen molar-refractivity contribution in [1.29, 1.82) is 0 Å². The topological polar surface area (TPSA) is 61.6 Å². The van der Waals surface area contributed by atoms with E-state index in [2.05, 4.69) is 29.1 Å². The molecule has 3 rings (SSSR count). The van der Waals surface area contributed by atoms with Crippen molar-refractivity contribution in [2.75, 3.05) is 36.9 Å². The highest BCUT2D eigenvalue weighted by Gasteiger charge is 2.30. The zero-order valence-corrected chi connectivity index (χ0v) is 13.2. The van der Waals surface area contributed by atoms with Crippen LogP contribution in [-0.4, -0.2) is 43.5 Å². The molecule has 6 heteroatoms. The number of benzene rings is 1. The smallest absolute Gasteiger partial charge is 0.245 e. The average molecular weight is 309 g/mol. The van der Waals surface area contributed by atoms with Crippen LogP contribution in [0.15, 0.2) is 12.1 Å². The number of hydrogen-bond acceptors (Lipinski definition) is 4. The summed E-state index contributed by atoms with van der Waals surface area (Å²) in [4.78, 5) is 16.4. The second kappa shape index (κ2) is 5.48. The molecule has 2 atom stereocenters. The fraction of sp³-hybridized carbons (Fsp3) is 0.533. The summed E-state index contributed by atoms with van der Waals surface area (Å²) >= 11 is 6.46. The van der Waals surface area contributed by atoms with Gasteiger partial charge in [-0.15, -0.1) is 0 Å². The molecular weight excluding hydrogens is 288 g/mol. The van der Waals surface area contributed by atoms with Gasteiger partial charge in [-0.3, -0.25) is 4.79 Å². The molecule has 0 aromatic heterocycles. The van der Waals surface area contributed by atoms with E-state index in [4.69, 9.17) is 17.3 Å². The third-order valence-electron chi connectivity index (χ3n) is 4.35. The Balaban J connectivity index is 1.96. The van der Waals surface area contributed by atoms with Crippen LogP contribution in [0.5, 0.6) is 0 Å². The molecule has 0 saturated carbocycles. The summed E-state index contributed by atoms with van der Waals surface area (Å²) < 4.78 is 0. The number of anilines is 2. The van der Waals surface area contributed by atoms with Gasteiger partial charge in [0.25, 0.3) is 0 Å². The second-order valence-electron chi connectivity index (χ2n) is 6.02. The first-order chi connectivity index (χ1) is 9.97. The highest BCUT2D eigenvalue weighted by Crippen LogP contribution is 2.39. The van der Waals surface area contributed by atoms with E-state index in [0.717, 1.165) is 43.0 Å². The molecule has 1 aromatic carbocycles. The first kappa shape index (κ1) is 14.6. The molecule has 0 spiro atoms. The Kier molecular flexibility index (Phi) is 3.82. The molecule has 1 fully saturated rings. The number of hydrogen-bond donors (Lipinski definition) is 2. The number of nitrogens with two attached hydrogens (primary N) is 1. The number of likely N-dealkylation sites (N-methyl/N-ethyl adjacent to an activating group) is 1. The van der Waals surface area contributed by atoms with E-state index < -0.39 is 6.04 Å². The largest absolute Gasteiger partial charge is 0.366 e. The van der Waals surface area contributed by atoms with E-state index >= 15 is 0 Å². The first-order valence-corrected chi connectivity index (χ1v) is 7.70. The highest BCUT2D eigenvalue weighted by atomic mass is 35.5. The molecule has 114 valence electrons. The lowest BCUT2D eigenvalue weighted by Gasteiger charge is -2.31. The van der Waals surface area contributed by atoms with E-state index in [1.807, 2.05) is 12.1 Å². The molecule has 5 nitrogen and oxygen atoms in total. The van der Waals surface area contributed by atoms with Crippen LogP contribution in [0.4, 0.5) is 11.4 Å². The molecule has 1 saturated heterocycles. The first-order valence-electron chi connectivity index (χ1n) is 7.32. The number of amides is 1. The van der Waals surface area contributed by atoms with Crippen LogP contribution < -0.4 is 16.0 Å². The number of rotatable bonds is 1. The van der Waals surface area contributed by atoms with E-state index in [1.165, 1.54) is 0 Å². The lowest BCUT2D eigenvalue weighted by molar-refractivity contribution is -0.116. The van der Waals surface area contributed by atoms with Gasteiger partial charge >= 0.3 is 0 Å². The molecule has 1 amide bonds. The summed E-state index contributed by atoms with van der Waals surface area (Å²) in [6.45, 7) is 5.25. The number of nitrogens with zero attached hydrogens (tertiary/aromatic N) is 2. The predicted octanol–water partition coefficient (Wildman–Crippen LogP) is 1.82. The molecule has 3 N–H and O–H groups in total. The van der Waals surface area contributed by atoms with E-state index in [-0.39, 0.29) is 5.91 Å². The van der Waals surface area contributed by atoms with Gasteiger partial charge in [0.2, 0.25) is 5.91 Å². The average Bonchev–Trinajstić information content (AvgIpc) is 2.59. The zero-order valence-electron chi connectivity index (χ0n) is 12.4. The molecule has 2 unspecified atom stereocenters. The molecule has 2 aliphatic rings. The van der Waals surface area contributed by atoms with Gasteiger partial charge in [-0.25, -0.2) is 0 Å². The molecule has 0 radical (unpaired) electrons. The quantitative estimate of drug-likeness (QED) is 0.831. The van der Waals surface area contributed by atoms with Crippen LogP contribution in [0.3, 0.4) is 0 Å². The monoisotopic (exact) mass is 308 g/mol. The molecule has 21 heavy (non-hydrogen) atoms. The van der Waals surface area contributed by atoms with Gasteiger partial charge in [0.1, 0.15) is 6.04 Å². The molecule has 0 aliphatic carbocycles. The van der Waals surface area contributed by atoms with Crippen molar-refractivity contribution >= 4 is 28.9 Å². The van der Waals surface area contributed by atoms with Crippen LogP contribution in [0.25, 0.3) is 0 Å². The van der Waals surface area contributed by atoms with Crippen molar-refractivity contribution in [3.63, 3.8) is 0 Å². The minimum atomic E-state index is -0.612. The normalized spacial score (nSPS) is 26.5. The Morgan fingerprint density at radius 1 is 1.38 bits per heavy atom. The predicted molar refractivity (Wildman–Crippen MR) is 85.9 cm³/mol. The van der Waals surface area contributed by atoms with Crippen LogP contribution in [-0.2, 0) is 4.79 Å². The molecule has 2 heterocycles. The number of nitrogens with one attached hydrogen (secondary N) is 1. The van der Waals surface area contributed by atoms with E-state index in [9.17, 15) is 4.79 Å². The minimum absolute atomic E-state index is 0.165. The number of fused-ring (bicyclic) bond motifs is 1. The van der Waals surface area contributed by atoms with Crippen molar-refractivity contribution in [2.24, 2.45) is 5.73 Å². The van der Waals surface area contributed by atoms with Crippen molar-refractivity contribution < 1.29 is 4.79 Å². The summed E-state index contributed by atoms with van der Waals surface area (Å²) in [6.07, 6.45) is 1.10. The third kappa shape index (κ3) is 2.61. The Bertz CT molecular complexity index is 577. The van der Waals surface area contributed by atoms with E-state index in [0.29, 0.717) is 11.1 Å². The Morgan fingerprint density at radius 3 is 2.90 bits per heavy atom. The van der Waals surface area contributed by atoms with Crippen LogP contribution in [0, 0.1) is 0 Å². The van der Waals surface area contributed by atoms with Gasteiger partial charge in [0.15, 0.2) is 0 Å². The fourth-order valence-electron chi connectivity index (χ4n) is 3.24. The van der Waals surface area contributed by atoms with Gasteiger partial charge < -0.3 is 20.9 Å². The number of halogens is 1. The zero-order chi connectivity index (χ0) is 15.1. The van der Waals surface area contributed by atoms with Crippen molar-refractivity contribution in [2.45, 2.75) is 25.4 Å². The molecular formula is C15H21ClN4O. The lowest BCUT2D eigenvalue weighted by atomic mass is 10.1. The van der Waals surface area contributed by atoms with Gasteiger partial charge in [-0.1, -0.05) is 11.6 Å². The van der Waals surface area contributed by atoms with Crippen molar-refractivity contribution in [3.8, 4) is 0 Å². The summed E-state index contributed by atoms with van der Waals surface area (Å²) in [5.74, 6) is -0.165. The second-order valence-corrected chi connectivity index (χ2v) is 6.42. The van der Waals surface area contributed by atoms with Gasteiger partial charge in [-0.2, -0.15) is 0 Å². The Labute approximate surface area is 130 Å². The Morgan fingerprint density at radius 2 is 2.14 bits per heavy atom.